The Hall–Kier alpha value is -2.17. The first-order chi connectivity index (χ1) is 9.13. The second-order valence-corrected chi connectivity index (χ2v) is 3.85. The van der Waals surface area contributed by atoms with Gasteiger partial charge in [-0.1, -0.05) is 18.2 Å². The first-order valence-electron chi connectivity index (χ1n) is 5.96. The molecule has 1 aromatic rings. The van der Waals surface area contributed by atoms with Crippen LogP contribution < -0.4 is 10.1 Å². The van der Waals surface area contributed by atoms with Crippen LogP contribution in [-0.4, -0.2) is 18.4 Å². The Balaban J connectivity index is 2.27. The maximum Gasteiger partial charge on any atom is 0.311 e. The second-order valence-electron chi connectivity index (χ2n) is 3.85. The average Bonchev–Trinajstić information content (AvgIpc) is 2.39. The Morgan fingerprint density at radius 2 is 2.05 bits per heavy atom. The van der Waals surface area contributed by atoms with Crippen LogP contribution in [-0.2, 0) is 9.59 Å². The summed E-state index contributed by atoms with van der Waals surface area (Å²) in [6, 6.07) is 5.68. The fourth-order valence-corrected chi connectivity index (χ4v) is 1.37. The van der Waals surface area contributed by atoms with E-state index in [9.17, 15) is 14.0 Å². The topological polar surface area (TPSA) is 55.4 Å². The molecule has 0 aliphatic heterocycles. The number of hydrogen-bond donors (Lipinski definition) is 1. The van der Waals surface area contributed by atoms with Crippen molar-refractivity contribution in [2.45, 2.75) is 19.3 Å². The summed E-state index contributed by atoms with van der Waals surface area (Å²) in [7, 11) is 0. The normalized spacial score (nSPS) is 9.74. The molecule has 19 heavy (non-hydrogen) atoms. The summed E-state index contributed by atoms with van der Waals surface area (Å²) in [5, 5.41) is 2.60. The number of ether oxygens (including phenoxy) is 1. The molecule has 0 atom stereocenters. The van der Waals surface area contributed by atoms with Crippen molar-refractivity contribution in [3.63, 3.8) is 0 Å². The van der Waals surface area contributed by atoms with Crippen LogP contribution in [0.25, 0.3) is 0 Å². The number of amides is 1. The Bertz CT molecular complexity index is 460. The van der Waals surface area contributed by atoms with Crippen molar-refractivity contribution in [2.24, 2.45) is 0 Å². The Kier molecular flexibility index (Phi) is 6.29. The third-order valence-electron chi connectivity index (χ3n) is 2.29. The molecule has 1 amide bonds. The van der Waals surface area contributed by atoms with Gasteiger partial charge in [0.15, 0.2) is 11.6 Å². The van der Waals surface area contributed by atoms with Crippen molar-refractivity contribution in [3.8, 4) is 5.75 Å². The molecule has 0 heterocycles. The van der Waals surface area contributed by atoms with Gasteiger partial charge in [-0.3, -0.25) is 9.59 Å². The third kappa shape index (κ3) is 5.81. The minimum absolute atomic E-state index is 0.0653. The summed E-state index contributed by atoms with van der Waals surface area (Å²) in [6.45, 7) is 3.87. The Labute approximate surface area is 111 Å². The van der Waals surface area contributed by atoms with Crippen molar-refractivity contribution >= 4 is 11.9 Å². The summed E-state index contributed by atoms with van der Waals surface area (Å²) in [5.41, 5.74) is 0. The first-order valence-corrected chi connectivity index (χ1v) is 5.96. The largest absolute Gasteiger partial charge is 0.423 e. The monoisotopic (exact) mass is 265 g/mol. The van der Waals surface area contributed by atoms with Crippen molar-refractivity contribution < 1.29 is 18.7 Å². The van der Waals surface area contributed by atoms with Crippen LogP contribution in [0.15, 0.2) is 36.9 Å². The summed E-state index contributed by atoms with van der Waals surface area (Å²) >= 11 is 0. The van der Waals surface area contributed by atoms with Crippen molar-refractivity contribution in [1.82, 2.24) is 5.32 Å². The van der Waals surface area contributed by atoms with Crippen LogP contribution in [0.2, 0.25) is 0 Å². The van der Waals surface area contributed by atoms with E-state index in [2.05, 4.69) is 11.9 Å². The highest BCUT2D eigenvalue weighted by Crippen LogP contribution is 2.16. The van der Waals surface area contributed by atoms with E-state index in [0.717, 1.165) is 0 Å². The van der Waals surface area contributed by atoms with Gasteiger partial charge in [0.1, 0.15) is 0 Å². The van der Waals surface area contributed by atoms with Gasteiger partial charge in [0.25, 0.3) is 0 Å². The van der Waals surface area contributed by atoms with Gasteiger partial charge in [0.2, 0.25) is 5.91 Å². The molecule has 0 spiro atoms. The van der Waals surface area contributed by atoms with E-state index in [4.69, 9.17) is 4.74 Å². The second kappa shape index (κ2) is 8.02. The number of benzene rings is 1. The Morgan fingerprint density at radius 3 is 2.74 bits per heavy atom. The lowest BCUT2D eigenvalue weighted by molar-refractivity contribution is -0.134. The fraction of sp³-hybridized carbons (Fsp3) is 0.286. The minimum atomic E-state index is -0.584. The molecule has 0 fully saturated rings. The highest BCUT2D eigenvalue weighted by Gasteiger charge is 2.09. The maximum atomic E-state index is 13.2. The van der Waals surface area contributed by atoms with Gasteiger partial charge in [-0.25, -0.2) is 4.39 Å². The van der Waals surface area contributed by atoms with E-state index in [1.54, 1.807) is 12.1 Å². The van der Waals surface area contributed by atoms with Gasteiger partial charge < -0.3 is 10.1 Å². The fourth-order valence-electron chi connectivity index (χ4n) is 1.37. The predicted octanol–water partition coefficient (Wildman–Crippen LogP) is 2.20. The number of carbonyl (C=O) groups excluding carboxylic acids is 2. The lowest BCUT2D eigenvalue weighted by Crippen LogP contribution is -2.23. The van der Waals surface area contributed by atoms with Gasteiger partial charge in [-0.05, 0) is 18.6 Å². The van der Waals surface area contributed by atoms with Crippen LogP contribution in [0.5, 0.6) is 5.75 Å². The summed E-state index contributed by atoms with van der Waals surface area (Å²) in [4.78, 5) is 22.6. The lowest BCUT2D eigenvalue weighted by atomic mass is 10.2. The highest BCUT2D eigenvalue weighted by molar-refractivity contribution is 5.77. The van der Waals surface area contributed by atoms with Gasteiger partial charge in [0.05, 0.1) is 0 Å². The van der Waals surface area contributed by atoms with Crippen LogP contribution in [0.4, 0.5) is 4.39 Å². The van der Waals surface area contributed by atoms with E-state index in [-0.39, 0.29) is 24.5 Å². The van der Waals surface area contributed by atoms with Gasteiger partial charge in [-0.15, -0.1) is 6.58 Å². The number of carbonyl (C=O) groups is 2. The van der Waals surface area contributed by atoms with E-state index in [1.807, 2.05) is 0 Å². The molecule has 1 rings (SSSR count). The molecule has 0 aliphatic rings. The summed E-state index contributed by atoms with van der Waals surface area (Å²) < 4.78 is 18.0. The van der Waals surface area contributed by atoms with E-state index >= 15 is 0 Å². The van der Waals surface area contributed by atoms with Gasteiger partial charge in [-0.2, -0.15) is 0 Å². The van der Waals surface area contributed by atoms with Gasteiger partial charge in [0, 0.05) is 19.4 Å². The summed E-state index contributed by atoms with van der Waals surface area (Å²) in [5.74, 6) is -1.39. The Morgan fingerprint density at radius 1 is 1.32 bits per heavy atom. The molecule has 4 nitrogen and oxygen atoms in total. The molecule has 0 aromatic heterocycles. The number of hydrogen-bond acceptors (Lipinski definition) is 3. The van der Waals surface area contributed by atoms with E-state index < -0.39 is 11.8 Å². The van der Waals surface area contributed by atoms with Gasteiger partial charge >= 0.3 is 5.97 Å². The van der Waals surface area contributed by atoms with E-state index in [1.165, 1.54) is 18.2 Å². The zero-order valence-electron chi connectivity index (χ0n) is 10.5. The third-order valence-corrected chi connectivity index (χ3v) is 2.29. The molecule has 0 saturated carbocycles. The molecule has 102 valence electrons. The zero-order valence-corrected chi connectivity index (χ0v) is 10.5. The molecule has 0 unspecified atom stereocenters. The first kappa shape index (κ1) is 14.9. The van der Waals surface area contributed by atoms with Crippen molar-refractivity contribution in [2.75, 3.05) is 6.54 Å². The van der Waals surface area contributed by atoms with Crippen LogP contribution in [0.1, 0.15) is 19.3 Å². The van der Waals surface area contributed by atoms with Crippen LogP contribution in [0.3, 0.4) is 0 Å². The lowest BCUT2D eigenvalue weighted by Gasteiger charge is -2.05. The minimum Gasteiger partial charge on any atom is -0.423 e. The number of rotatable bonds is 7. The number of nitrogens with one attached hydrogen (secondary N) is 1. The molecular formula is C14H16FNO3. The number of halogens is 1. The van der Waals surface area contributed by atoms with Crippen molar-refractivity contribution in [1.29, 1.82) is 0 Å². The molecule has 0 radical (unpaired) electrons. The molecular weight excluding hydrogens is 249 g/mol. The van der Waals surface area contributed by atoms with Crippen LogP contribution in [0, 0.1) is 5.82 Å². The van der Waals surface area contributed by atoms with E-state index in [0.29, 0.717) is 13.0 Å². The molecule has 1 N–H and O–H groups in total. The smallest absolute Gasteiger partial charge is 0.311 e. The predicted molar refractivity (Wildman–Crippen MR) is 69.1 cm³/mol. The molecule has 0 saturated heterocycles. The summed E-state index contributed by atoms with van der Waals surface area (Å²) in [6.07, 6.45) is 2.22. The zero-order chi connectivity index (χ0) is 14.1. The van der Waals surface area contributed by atoms with Crippen LogP contribution >= 0.6 is 0 Å². The van der Waals surface area contributed by atoms with Crippen molar-refractivity contribution in [3.05, 3.63) is 42.7 Å². The SMILES string of the molecule is C=CCNC(=O)CCCC(=O)Oc1ccccc1F. The maximum absolute atomic E-state index is 13.2. The number of esters is 1. The molecule has 5 heteroatoms. The number of para-hydroxylation sites is 1. The quantitative estimate of drug-likeness (QED) is 0.467. The standard InChI is InChI=1S/C14H16FNO3/c1-2-10-16-13(17)8-5-9-14(18)19-12-7-4-3-6-11(12)15/h2-4,6-7H,1,5,8-10H2,(H,16,17). The average molecular weight is 265 g/mol. The molecule has 1 aromatic carbocycles. The molecule has 0 bridgehead atoms. The molecule has 0 aliphatic carbocycles. The highest BCUT2D eigenvalue weighted by atomic mass is 19.1.